The molecule has 1 aliphatic rings. The summed E-state index contributed by atoms with van der Waals surface area (Å²) in [5.74, 6) is 6.71. The van der Waals surface area contributed by atoms with Gasteiger partial charge in [-0.15, -0.1) is 5.92 Å². The summed E-state index contributed by atoms with van der Waals surface area (Å²) in [5, 5.41) is 3.35. The van der Waals surface area contributed by atoms with E-state index in [1.165, 1.54) is 0 Å². The first-order valence-electron chi connectivity index (χ1n) is 12.3. The number of hydrogen-bond donors (Lipinski definition) is 1. The summed E-state index contributed by atoms with van der Waals surface area (Å²) in [4.78, 5) is 39.6. The molecule has 0 spiro atoms. The number of piperazine rings is 1. The Morgan fingerprint density at radius 2 is 1.92 bits per heavy atom. The molecular weight excluding hydrogens is 458 g/mol. The number of fused-ring (bicyclic) bond motifs is 1. The summed E-state index contributed by atoms with van der Waals surface area (Å²) in [6.45, 7) is 7.80. The average Bonchev–Trinajstić information content (AvgIpc) is 3.26. The number of likely N-dealkylation sites (N-methyl/N-ethyl adjacent to an activating group) is 1. The van der Waals surface area contributed by atoms with Crippen molar-refractivity contribution in [3.63, 3.8) is 0 Å². The van der Waals surface area contributed by atoms with Crippen molar-refractivity contribution >= 4 is 29.0 Å². The molecular formula is C26H33N7O3. The lowest BCUT2D eigenvalue weighted by Crippen LogP contribution is -2.44. The summed E-state index contributed by atoms with van der Waals surface area (Å²) >= 11 is 0. The number of rotatable bonds is 9. The molecule has 1 aromatic carbocycles. The first kappa shape index (κ1) is 25.3. The number of ether oxygens (including phenoxy) is 1. The molecule has 3 aromatic rings. The van der Waals surface area contributed by atoms with Crippen molar-refractivity contribution in [1.82, 2.24) is 24.4 Å². The molecule has 36 heavy (non-hydrogen) atoms. The van der Waals surface area contributed by atoms with Crippen molar-refractivity contribution in [2.75, 3.05) is 56.2 Å². The van der Waals surface area contributed by atoms with Gasteiger partial charge in [-0.3, -0.25) is 18.7 Å². The van der Waals surface area contributed by atoms with Gasteiger partial charge in [0.2, 0.25) is 11.9 Å². The Balaban J connectivity index is 1.83. The predicted molar refractivity (Wildman–Crippen MR) is 140 cm³/mol. The maximum atomic E-state index is 14.0. The average molecular weight is 492 g/mol. The Kier molecular flexibility index (Phi) is 8.23. The quantitative estimate of drug-likeness (QED) is 0.353. The second-order valence-corrected chi connectivity index (χ2v) is 8.60. The molecule has 1 fully saturated rings. The van der Waals surface area contributed by atoms with Crippen LogP contribution in [-0.4, -0.2) is 71.4 Å². The third-order valence-electron chi connectivity index (χ3n) is 6.12. The van der Waals surface area contributed by atoms with Crippen LogP contribution in [0.4, 0.5) is 11.9 Å². The molecule has 10 heteroatoms. The number of aromatic nitrogens is 4. The van der Waals surface area contributed by atoms with Crippen LogP contribution >= 0.6 is 0 Å². The molecule has 0 amide bonds. The van der Waals surface area contributed by atoms with Crippen LogP contribution in [-0.2, 0) is 29.0 Å². The van der Waals surface area contributed by atoms with Crippen molar-refractivity contribution in [3.8, 4) is 11.8 Å². The summed E-state index contributed by atoms with van der Waals surface area (Å²) in [6, 6.07) is 9.98. The summed E-state index contributed by atoms with van der Waals surface area (Å²) in [7, 11) is 1.74. The molecule has 3 heterocycles. The zero-order chi connectivity index (χ0) is 25.5. The fourth-order valence-corrected chi connectivity index (χ4v) is 4.36. The van der Waals surface area contributed by atoms with Crippen LogP contribution in [0.2, 0.25) is 0 Å². The van der Waals surface area contributed by atoms with Crippen molar-refractivity contribution in [3.05, 3.63) is 46.2 Å². The number of carbonyl (C=O) groups is 1. The van der Waals surface area contributed by atoms with Crippen LogP contribution in [0.5, 0.6) is 0 Å². The third kappa shape index (κ3) is 5.52. The molecule has 2 aromatic heterocycles. The van der Waals surface area contributed by atoms with Gasteiger partial charge in [0.25, 0.3) is 5.56 Å². The van der Waals surface area contributed by atoms with Crippen LogP contribution in [0.25, 0.3) is 11.2 Å². The van der Waals surface area contributed by atoms with Crippen LogP contribution in [0.3, 0.4) is 0 Å². The fraction of sp³-hybridized carbons (Fsp3) is 0.462. The largest absolute Gasteiger partial charge is 0.465 e. The number of imidazole rings is 1. The van der Waals surface area contributed by atoms with E-state index in [2.05, 4.69) is 22.1 Å². The topological polar surface area (TPSA) is 97.5 Å². The minimum Gasteiger partial charge on any atom is -0.465 e. The molecule has 1 saturated heterocycles. The van der Waals surface area contributed by atoms with Gasteiger partial charge >= 0.3 is 5.97 Å². The Bertz CT molecular complexity index is 1310. The fourth-order valence-electron chi connectivity index (χ4n) is 4.36. The maximum Gasteiger partial charge on any atom is 0.325 e. The Morgan fingerprint density at radius 3 is 2.61 bits per heavy atom. The highest BCUT2D eigenvalue weighted by molar-refractivity contribution is 5.78. The van der Waals surface area contributed by atoms with E-state index in [1.54, 1.807) is 30.4 Å². The van der Waals surface area contributed by atoms with Gasteiger partial charge in [0.15, 0.2) is 11.2 Å². The number of carbonyl (C=O) groups excluding carboxylic acids is 1. The van der Waals surface area contributed by atoms with Crippen molar-refractivity contribution in [2.45, 2.75) is 33.4 Å². The minimum atomic E-state index is -0.380. The molecule has 1 N–H and O–H groups in total. The van der Waals surface area contributed by atoms with E-state index in [0.29, 0.717) is 42.6 Å². The van der Waals surface area contributed by atoms with E-state index in [9.17, 15) is 9.59 Å². The van der Waals surface area contributed by atoms with Crippen LogP contribution in [0, 0.1) is 11.8 Å². The SMILES string of the molecule is CC#CCn1c(N2CCNCC2)nc2nc(N(C)CC(=O)OCC)n(CCc3ccccc3)c(=O)c21. The Morgan fingerprint density at radius 1 is 1.17 bits per heavy atom. The standard InChI is InChI=1S/C26H33N7O3/c1-4-6-15-32-22-23(29-26(32)31-17-13-27-14-18-31)28-25(30(3)19-21(34)36-5-2)33(24(22)35)16-12-20-10-8-7-9-11-20/h7-11,27H,5,12-19H2,1-3H3. The highest BCUT2D eigenvalue weighted by Crippen LogP contribution is 2.22. The molecule has 1 aliphatic heterocycles. The van der Waals surface area contributed by atoms with E-state index in [1.807, 2.05) is 34.9 Å². The third-order valence-corrected chi connectivity index (χ3v) is 6.12. The molecule has 0 aliphatic carbocycles. The van der Waals surface area contributed by atoms with E-state index in [4.69, 9.17) is 14.7 Å². The lowest BCUT2D eigenvalue weighted by molar-refractivity contribution is -0.141. The highest BCUT2D eigenvalue weighted by atomic mass is 16.5. The molecule has 4 rings (SSSR count). The highest BCUT2D eigenvalue weighted by Gasteiger charge is 2.25. The van der Waals surface area contributed by atoms with Gasteiger partial charge in [-0.1, -0.05) is 36.3 Å². The van der Waals surface area contributed by atoms with Crippen LogP contribution in [0.1, 0.15) is 19.4 Å². The first-order valence-corrected chi connectivity index (χ1v) is 12.3. The lowest BCUT2D eigenvalue weighted by atomic mass is 10.1. The molecule has 0 unspecified atom stereocenters. The van der Waals surface area contributed by atoms with Gasteiger partial charge in [0.05, 0.1) is 13.2 Å². The lowest BCUT2D eigenvalue weighted by Gasteiger charge is -2.28. The van der Waals surface area contributed by atoms with Gasteiger partial charge in [-0.2, -0.15) is 9.97 Å². The van der Waals surface area contributed by atoms with Crippen LogP contribution in [0.15, 0.2) is 35.1 Å². The number of anilines is 2. The van der Waals surface area contributed by atoms with Gasteiger partial charge in [0, 0.05) is 39.8 Å². The van der Waals surface area contributed by atoms with Crippen LogP contribution < -0.4 is 20.7 Å². The second-order valence-electron chi connectivity index (χ2n) is 8.60. The summed E-state index contributed by atoms with van der Waals surface area (Å²) < 4.78 is 8.63. The molecule has 0 saturated carbocycles. The van der Waals surface area contributed by atoms with E-state index in [-0.39, 0.29) is 24.7 Å². The van der Waals surface area contributed by atoms with E-state index in [0.717, 1.165) is 31.7 Å². The van der Waals surface area contributed by atoms with Gasteiger partial charge < -0.3 is 19.9 Å². The van der Waals surface area contributed by atoms with E-state index >= 15 is 0 Å². The first-order chi connectivity index (χ1) is 17.5. The maximum absolute atomic E-state index is 14.0. The number of nitrogens with zero attached hydrogens (tertiary/aromatic N) is 6. The Hall–Kier alpha value is -3.84. The normalized spacial score (nSPS) is 13.4. The number of benzene rings is 1. The van der Waals surface area contributed by atoms with Crippen molar-refractivity contribution < 1.29 is 9.53 Å². The molecule has 10 nitrogen and oxygen atoms in total. The Labute approximate surface area is 210 Å². The zero-order valence-electron chi connectivity index (χ0n) is 21.2. The molecule has 0 radical (unpaired) electrons. The monoisotopic (exact) mass is 491 g/mol. The summed E-state index contributed by atoms with van der Waals surface area (Å²) in [6.07, 6.45) is 0.641. The van der Waals surface area contributed by atoms with Gasteiger partial charge in [-0.05, 0) is 25.8 Å². The van der Waals surface area contributed by atoms with Gasteiger partial charge in [0.1, 0.15) is 6.54 Å². The number of aryl methyl sites for hydroxylation is 1. The summed E-state index contributed by atoms with van der Waals surface area (Å²) in [5.41, 5.74) is 1.68. The number of esters is 1. The molecule has 0 bridgehead atoms. The zero-order valence-corrected chi connectivity index (χ0v) is 21.2. The van der Waals surface area contributed by atoms with E-state index < -0.39 is 0 Å². The van der Waals surface area contributed by atoms with Crippen molar-refractivity contribution in [1.29, 1.82) is 0 Å². The second kappa shape index (κ2) is 11.7. The van der Waals surface area contributed by atoms with Crippen molar-refractivity contribution in [2.24, 2.45) is 0 Å². The smallest absolute Gasteiger partial charge is 0.325 e. The minimum absolute atomic E-state index is 0.0240. The predicted octanol–water partition coefficient (Wildman–Crippen LogP) is 1.27. The number of hydrogen-bond acceptors (Lipinski definition) is 8. The number of nitrogens with one attached hydrogen (secondary N) is 1. The molecule has 190 valence electrons. The van der Waals surface area contributed by atoms with Gasteiger partial charge in [-0.25, -0.2) is 0 Å². The molecule has 0 atom stereocenters.